The van der Waals surface area contributed by atoms with Gasteiger partial charge in [0.15, 0.2) is 6.33 Å². The van der Waals surface area contributed by atoms with E-state index in [1.54, 1.807) is 0 Å². The van der Waals surface area contributed by atoms with Crippen molar-refractivity contribution < 1.29 is 0 Å². The summed E-state index contributed by atoms with van der Waals surface area (Å²) in [7, 11) is 0. The van der Waals surface area contributed by atoms with Crippen LogP contribution in [0, 0.1) is 13.3 Å². The number of hydrogen-bond acceptors (Lipinski definition) is 1. The van der Waals surface area contributed by atoms with Gasteiger partial charge in [0.1, 0.15) is 0 Å². The van der Waals surface area contributed by atoms with Crippen LogP contribution in [0.25, 0.3) is 0 Å². The molecule has 0 aliphatic rings. The zero-order chi connectivity index (χ0) is 9.80. The summed E-state index contributed by atoms with van der Waals surface area (Å²) in [5, 5.41) is 0. The zero-order valence-electron chi connectivity index (χ0n) is 8.27. The van der Waals surface area contributed by atoms with E-state index in [9.17, 15) is 0 Å². The SMILES string of the molecule is Cc1cn[c]n1CCc1ccccc1. The summed E-state index contributed by atoms with van der Waals surface area (Å²) in [6.07, 6.45) is 5.82. The van der Waals surface area contributed by atoms with Crippen LogP contribution in [-0.2, 0) is 13.0 Å². The Kier molecular flexibility index (Phi) is 2.63. The summed E-state index contributed by atoms with van der Waals surface area (Å²) >= 11 is 0. The molecule has 0 unspecified atom stereocenters. The van der Waals surface area contributed by atoms with Crippen LogP contribution >= 0.6 is 0 Å². The molecule has 0 fully saturated rings. The maximum atomic E-state index is 3.97. The third kappa shape index (κ3) is 2.02. The van der Waals surface area contributed by atoms with Gasteiger partial charge in [-0.05, 0) is 18.9 Å². The Balaban J connectivity index is 1.99. The van der Waals surface area contributed by atoms with E-state index in [1.807, 2.05) is 16.8 Å². The molecule has 2 rings (SSSR count). The van der Waals surface area contributed by atoms with Crippen molar-refractivity contribution >= 4 is 0 Å². The molecule has 71 valence electrons. The Morgan fingerprint density at radius 1 is 1.29 bits per heavy atom. The summed E-state index contributed by atoms with van der Waals surface area (Å²) in [6.45, 7) is 3.00. The van der Waals surface area contributed by atoms with E-state index in [2.05, 4.69) is 42.5 Å². The van der Waals surface area contributed by atoms with Gasteiger partial charge in [0.25, 0.3) is 0 Å². The summed E-state index contributed by atoms with van der Waals surface area (Å²) < 4.78 is 2.05. The minimum atomic E-state index is 0.954. The molecule has 1 aromatic carbocycles. The molecule has 2 heteroatoms. The number of benzene rings is 1. The van der Waals surface area contributed by atoms with Gasteiger partial charge in [-0.25, -0.2) is 4.98 Å². The molecule has 0 aliphatic carbocycles. The van der Waals surface area contributed by atoms with Gasteiger partial charge in [-0.1, -0.05) is 30.3 Å². The molecule has 14 heavy (non-hydrogen) atoms. The highest BCUT2D eigenvalue weighted by Gasteiger charge is 1.97. The van der Waals surface area contributed by atoms with Gasteiger partial charge in [-0.2, -0.15) is 0 Å². The Bertz CT molecular complexity index is 390. The lowest BCUT2D eigenvalue weighted by Gasteiger charge is -2.03. The van der Waals surface area contributed by atoms with E-state index in [0.29, 0.717) is 0 Å². The van der Waals surface area contributed by atoms with Crippen molar-refractivity contribution in [3.05, 3.63) is 54.1 Å². The fourth-order valence-electron chi connectivity index (χ4n) is 1.45. The number of nitrogens with zero attached hydrogens (tertiary/aromatic N) is 2. The first-order chi connectivity index (χ1) is 6.86. The summed E-state index contributed by atoms with van der Waals surface area (Å²) in [5.74, 6) is 0. The van der Waals surface area contributed by atoms with E-state index in [0.717, 1.165) is 13.0 Å². The molecule has 1 aromatic heterocycles. The number of imidazole rings is 1. The molecule has 0 aliphatic heterocycles. The normalized spacial score (nSPS) is 10.4. The van der Waals surface area contributed by atoms with Crippen LogP contribution in [0.2, 0.25) is 0 Å². The first-order valence-electron chi connectivity index (χ1n) is 4.80. The Hall–Kier alpha value is -1.57. The van der Waals surface area contributed by atoms with Gasteiger partial charge in [0, 0.05) is 18.4 Å². The second-order valence-corrected chi connectivity index (χ2v) is 3.39. The van der Waals surface area contributed by atoms with Crippen LogP contribution in [0.1, 0.15) is 11.3 Å². The third-order valence-corrected chi connectivity index (χ3v) is 2.32. The second kappa shape index (κ2) is 4.09. The predicted octanol–water partition coefficient (Wildman–Crippen LogP) is 2.23. The standard InChI is InChI=1S/C12H13N2/c1-11-9-13-10-14(11)8-7-12-5-3-2-4-6-12/h2-6,9H,7-8H2,1H3. The lowest BCUT2D eigenvalue weighted by atomic mass is 10.1. The number of aryl methyl sites for hydroxylation is 3. The van der Waals surface area contributed by atoms with Gasteiger partial charge in [0.05, 0.1) is 0 Å². The Labute approximate surface area is 84.2 Å². The van der Waals surface area contributed by atoms with Crippen LogP contribution in [0.3, 0.4) is 0 Å². The lowest BCUT2D eigenvalue weighted by molar-refractivity contribution is 0.673. The molecule has 0 saturated carbocycles. The topological polar surface area (TPSA) is 17.8 Å². The average molecular weight is 185 g/mol. The number of rotatable bonds is 3. The van der Waals surface area contributed by atoms with E-state index in [1.165, 1.54) is 11.3 Å². The van der Waals surface area contributed by atoms with Crippen molar-refractivity contribution in [3.8, 4) is 0 Å². The predicted molar refractivity (Wildman–Crippen MR) is 55.9 cm³/mol. The molecule has 0 atom stereocenters. The molecular formula is C12H13N2. The average Bonchev–Trinajstić information content (AvgIpc) is 2.63. The highest BCUT2D eigenvalue weighted by atomic mass is 15.0. The van der Waals surface area contributed by atoms with Gasteiger partial charge < -0.3 is 4.57 Å². The summed E-state index contributed by atoms with van der Waals surface area (Å²) in [5.41, 5.74) is 2.52. The van der Waals surface area contributed by atoms with Crippen LogP contribution in [-0.4, -0.2) is 9.55 Å². The first kappa shape index (κ1) is 9.00. The van der Waals surface area contributed by atoms with Crippen molar-refractivity contribution in [2.75, 3.05) is 0 Å². The zero-order valence-corrected chi connectivity index (χ0v) is 8.27. The summed E-state index contributed by atoms with van der Waals surface area (Å²) in [6, 6.07) is 10.5. The van der Waals surface area contributed by atoms with Crippen LogP contribution in [0.4, 0.5) is 0 Å². The Morgan fingerprint density at radius 3 is 2.71 bits per heavy atom. The molecule has 1 radical (unpaired) electrons. The molecule has 2 aromatic rings. The van der Waals surface area contributed by atoms with Crippen molar-refractivity contribution in [3.63, 3.8) is 0 Å². The number of aromatic nitrogens is 2. The molecule has 0 spiro atoms. The minimum Gasteiger partial charge on any atom is -0.325 e. The molecule has 0 amide bonds. The largest absolute Gasteiger partial charge is 0.325 e. The maximum absolute atomic E-state index is 3.97. The van der Waals surface area contributed by atoms with Crippen LogP contribution < -0.4 is 0 Å². The number of hydrogen-bond donors (Lipinski definition) is 0. The van der Waals surface area contributed by atoms with Crippen molar-refractivity contribution in [2.24, 2.45) is 0 Å². The van der Waals surface area contributed by atoms with E-state index >= 15 is 0 Å². The Morgan fingerprint density at radius 2 is 2.07 bits per heavy atom. The molecule has 0 bridgehead atoms. The van der Waals surface area contributed by atoms with Gasteiger partial charge >= 0.3 is 0 Å². The van der Waals surface area contributed by atoms with Crippen LogP contribution in [0.15, 0.2) is 36.5 Å². The highest BCUT2D eigenvalue weighted by molar-refractivity contribution is 5.14. The molecule has 1 heterocycles. The first-order valence-corrected chi connectivity index (χ1v) is 4.80. The fraction of sp³-hybridized carbons (Fsp3) is 0.250. The van der Waals surface area contributed by atoms with Gasteiger partial charge in [-0.3, -0.25) is 0 Å². The van der Waals surface area contributed by atoms with Crippen molar-refractivity contribution in [2.45, 2.75) is 19.9 Å². The highest BCUT2D eigenvalue weighted by Crippen LogP contribution is 2.03. The summed E-state index contributed by atoms with van der Waals surface area (Å²) in [4.78, 5) is 3.97. The lowest BCUT2D eigenvalue weighted by Crippen LogP contribution is -2.01. The van der Waals surface area contributed by atoms with Gasteiger partial charge in [-0.15, -0.1) is 0 Å². The molecule has 2 nitrogen and oxygen atoms in total. The minimum absolute atomic E-state index is 0.954. The van der Waals surface area contributed by atoms with Crippen molar-refractivity contribution in [1.29, 1.82) is 0 Å². The van der Waals surface area contributed by atoms with E-state index in [4.69, 9.17) is 0 Å². The fourth-order valence-corrected chi connectivity index (χ4v) is 1.45. The molecular weight excluding hydrogens is 172 g/mol. The van der Waals surface area contributed by atoms with Crippen molar-refractivity contribution in [1.82, 2.24) is 9.55 Å². The monoisotopic (exact) mass is 185 g/mol. The second-order valence-electron chi connectivity index (χ2n) is 3.39. The van der Waals surface area contributed by atoms with E-state index in [-0.39, 0.29) is 0 Å². The van der Waals surface area contributed by atoms with Gasteiger partial charge in [0.2, 0.25) is 0 Å². The quantitative estimate of drug-likeness (QED) is 0.717. The van der Waals surface area contributed by atoms with Crippen LogP contribution in [0.5, 0.6) is 0 Å². The molecule has 0 N–H and O–H groups in total. The molecule has 0 saturated heterocycles. The third-order valence-electron chi connectivity index (χ3n) is 2.32. The van der Waals surface area contributed by atoms with E-state index < -0.39 is 0 Å². The maximum Gasteiger partial charge on any atom is 0.176 e. The smallest absolute Gasteiger partial charge is 0.176 e.